The number of halogens is 1. The van der Waals surface area contributed by atoms with E-state index in [0.717, 1.165) is 19.4 Å². The van der Waals surface area contributed by atoms with Crippen molar-refractivity contribution >= 4 is 7.60 Å². The Morgan fingerprint density at radius 3 is 2.09 bits per heavy atom. The largest absolute Gasteiger partial charge is 1.00 e. The van der Waals surface area contributed by atoms with Crippen molar-refractivity contribution in [3.63, 3.8) is 0 Å². The van der Waals surface area contributed by atoms with E-state index in [9.17, 15) is 4.57 Å². The van der Waals surface area contributed by atoms with Gasteiger partial charge in [0.05, 0.1) is 6.54 Å². The fourth-order valence-electron chi connectivity index (χ4n) is 0.671. The molecule has 0 saturated heterocycles. The molecule has 0 aliphatic rings. The highest BCUT2D eigenvalue weighted by molar-refractivity contribution is 7.51. The van der Waals surface area contributed by atoms with Crippen molar-refractivity contribution in [2.75, 3.05) is 12.7 Å². The van der Waals surface area contributed by atoms with Gasteiger partial charge in [-0.25, -0.2) is 0 Å². The van der Waals surface area contributed by atoms with E-state index >= 15 is 0 Å². The molecule has 0 aromatic carbocycles. The van der Waals surface area contributed by atoms with Crippen LogP contribution in [0.15, 0.2) is 0 Å². The first-order valence-electron chi connectivity index (χ1n) is 3.40. The topological polar surface area (TPSA) is 85.2 Å². The smallest absolute Gasteiger partial charge is 0.325 e. The molecule has 6 heteroatoms. The summed E-state index contributed by atoms with van der Waals surface area (Å²) in [6.45, 7) is 0.848. The molecule has 70 valence electrons. The van der Waals surface area contributed by atoms with Crippen molar-refractivity contribution < 1.29 is 32.5 Å². The standard InChI is InChI=1S/C5H14NO3P.ClH/c6-4-2-1-3-5-10(7,8)9;/h1-6H2,(H2,7,8,9);1H. The number of unbranched alkanes of at least 4 members (excludes halogenated alkanes) is 2. The summed E-state index contributed by atoms with van der Waals surface area (Å²) in [5.74, 6) is 0. The van der Waals surface area contributed by atoms with E-state index in [-0.39, 0.29) is 18.6 Å². The van der Waals surface area contributed by atoms with Gasteiger partial charge in [0.2, 0.25) is 0 Å². The van der Waals surface area contributed by atoms with Crippen LogP contribution in [0.5, 0.6) is 0 Å². The van der Waals surface area contributed by atoms with E-state index in [2.05, 4.69) is 5.73 Å². The zero-order chi connectivity index (χ0) is 8.04. The molecule has 0 unspecified atom stereocenters. The van der Waals surface area contributed by atoms with Crippen LogP contribution in [-0.2, 0) is 4.57 Å². The van der Waals surface area contributed by atoms with Gasteiger partial charge in [0, 0.05) is 6.16 Å². The summed E-state index contributed by atoms with van der Waals surface area (Å²) < 4.78 is 10.3. The maximum Gasteiger partial charge on any atom is 0.325 e. The highest BCUT2D eigenvalue weighted by Gasteiger charge is 2.10. The molecule has 0 spiro atoms. The Morgan fingerprint density at radius 2 is 1.73 bits per heavy atom. The Hall–Kier alpha value is 0.400. The van der Waals surface area contributed by atoms with Crippen molar-refractivity contribution in [3.05, 3.63) is 0 Å². The van der Waals surface area contributed by atoms with Crippen LogP contribution in [-0.4, -0.2) is 22.5 Å². The van der Waals surface area contributed by atoms with Crippen molar-refractivity contribution in [2.24, 2.45) is 0 Å². The molecule has 0 fully saturated rings. The maximum absolute atomic E-state index is 10.3. The van der Waals surface area contributed by atoms with Gasteiger partial charge in [0.15, 0.2) is 0 Å². The summed E-state index contributed by atoms with van der Waals surface area (Å²) in [5.41, 5.74) is 3.63. The lowest BCUT2D eigenvalue weighted by molar-refractivity contribution is -0.368. The van der Waals surface area contributed by atoms with Crippen molar-refractivity contribution in [1.29, 1.82) is 0 Å². The minimum atomic E-state index is -3.73. The van der Waals surface area contributed by atoms with Crippen molar-refractivity contribution in [3.8, 4) is 0 Å². The lowest BCUT2D eigenvalue weighted by Gasteiger charge is -2.00. The molecule has 5 N–H and O–H groups in total. The number of hydrogen-bond acceptors (Lipinski definition) is 1. The summed E-state index contributed by atoms with van der Waals surface area (Å²) >= 11 is 0. The average Bonchev–Trinajstić information content (AvgIpc) is 1.78. The summed E-state index contributed by atoms with van der Waals surface area (Å²) in [6.07, 6.45) is 2.46. The van der Waals surface area contributed by atoms with Crippen molar-refractivity contribution in [1.82, 2.24) is 0 Å². The Kier molecular flexibility index (Phi) is 8.97. The van der Waals surface area contributed by atoms with E-state index in [4.69, 9.17) is 9.79 Å². The number of rotatable bonds is 5. The third-order valence-corrected chi connectivity index (χ3v) is 2.10. The van der Waals surface area contributed by atoms with Gasteiger partial charge in [-0.05, 0) is 19.3 Å². The van der Waals surface area contributed by atoms with Crippen LogP contribution in [0.3, 0.4) is 0 Å². The summed E-state index contributed by atoms with van der Waals surface area (Å²) in [5, 5.41) is 0. The highest BCUT2D eigenvalue weighted by atomic mass is 35.5. The minimum Gasteiger partial charge on any atom is -1.00 e. The molecule has 0 saturated carbocycles. The molecule has 4 nitrogen and oxygen atoms in total. The molecular formula is C5H15ClNO3P. The molecule has 0 rings (SSSR count). The van der Waals surface area contributed by atoms with E-state index in [1.807, 2.05) is 0 Å². The second-order valence-corrected chi connectivity index (χ2v) is 4.08. The van der Waals surface area contributed by atoms with Gasteiger partial charge in [-0.1, -0.05) is 0 Å². The fraction of sp³-hybridized carbons (Fsp3) is 1.00. The minimum absolute atomic E-state index is 0. The lowest BCUT2D eigenvalue weighted by atomic mass is 10.2. The van der Waals surface area contributed by atoms with Gasteiger partial charge in [0.25, 0.3) is 0 Å². The third-order valence-electron chi connectivity index (χ3n) is 1.20. The first-order valence-corrected chi connectivity index (χ1v) is 5.20. The van der Waals surface area contributed by atoms with Gasteiger partial charge >= 0.3 is 7.60 Å². The van der Waals surface area contributed by atoms with Crippen LogP contribution in [0.2, 0.25) is 0 Å². The molecule has 0 aliphatic heterocycles. The second-order valence-electron chi connectivity index (χ2n) is 2.30. The normalized spacial score (nSPS) is 10.8. The monoisotopic (exact) mass is 203 g/mol. The van der Waals surface area contributed by atoms with Crippen LogP contribution in [0, 0.1) is 0 Å². The van der Waals surface area contributed by atoms with E-state index < -0.39 is 7.60 Å². The maximum atomic E-state index is 10.3. The van der Waals surface area contributed by atoms with Gasteiger partial charge in [-0.15, -0.1) is 0 Å². The van der Waals surface area contributed by atoms with Gasteiger partial charge in [-0.3, -0.25) is 4.57 Å². The van der Waals surface area contributed by atoms with E-state index in [0.29, 0.717) is 6.42 Å². The molecule has 0 atom stereocenters. The van der Waals surface area contributed by atoms with Crippen molar-refractivity contribution in [2.45, 2.75) is 19.3 Å². The Balaban J connectivity index is 0. The average molecular weight is 204 g/mol. The lowest BCUT2D eigenvalue weighted by Crippen LogP contribution is -3.00. The molecule has 11 heavy (non-hydrogen) atoms. The first kappa shape index (κ1) is 14.0. The second kappa shape index (κ2) is 7.07. The summed E-state index contributed by atoms with van der Waals surface area (Å²) in [6, 6.07) is 0. The molecule has 0 heterocycles. The summed E-state index contributed by atoms with van der Waals surface area (Å²) in [7, 11) is -3.73. The molecular weight excluding hydrogens is 188 g/mol. The third kappa shape index (κ3) is 13.4. The van der Waals surface area contributed by atoms with Gasteiger partial charge in [-0.2, -0.15) is 0 Å². The number of hydrogen-bond donors (Lipinski definition) is 3. The summed E-state index contributed by atoms with van der Waals surface area (Å²) in [4.78, 5) is 16.8. The number of quaternary nitrogens is 1. The van der Waals surface area contributed by atoms with Crippen LogP contribution < -0.4 is 18.1 Å². The fourth-order valence-corrected chi connectivity index (χ4v) is 1.31. The SMILES string of the molecule is [Cl-].[NH3+]CCCCCP(=O)(O)O. The van der Waals surface area contributed by atoms with E-state index in [1.165, 1.54) is 0 Å². The predicted molar refractivity (Wildman–Crippen MR) is 38.5 cm³/mol. The Labute approximate surface area is 72.7 Å². The van der Waals surface area contributed by atoms with Gasteiger partial charge in [0.1, 0.15) is 0 Å². The molecule has 0 aromatic rings. The molecule has 0 radical (unpaired) electrons. The van der Waals surface area contributed by atoms with Crippen LogP contribution in [0.25, 0.3) is 0 Å². The van der Waals surface area contributed by atoms with E-state index in [1.54, 1.807) is 0 Å². The highest BCUT2D eigenvalue weighted by Crippen LogP contribution is 2.35. The van der Waals surface area contributed by atoms with Crippen LogP contribution in [0.4, 0.5) is 0 Å². The van der Waals surface area contributed by atoms with Gasteiger partial charge < -0.3 is 27.9 Å². The first-order chi connectivity index (χ1) is 4.56. The van der Waals surface area contributed by atoms with Crippen LogP contribution >= 0.6 is 7.60 Å². The Bertz CT molecular complexity index is 127. The molecule has 0 aromatic heterocycles. The zero-order valence-electron chi connectivity index (χ0n) is 6.37. The quantitative estimate of drug-likeness (QED) is 0.321. The van der Waals surface area contributed by atoms with Crippen LogP contribution in [0.1, 0.15) is 19.3 Å². The molecule has 0 amide bonds. The predicted octanol–water partition coefficient (Wildman–Crippen LogP) is -3.42. The Morgan fingerprint density at radius 1 is 1.18 bits per heavy atom. The zero-order valence-corrected chi connectivity index (χ0v) is 8.02. The molecule has 0 bridgehead atoms. The molecule has 0 aliphatic carbocycles.